The SMILES string of the molecule is Cc1nc(CN(C)Cc2occc2C(=O)NN)cs1. The van der Waals surface area contributed by atoms with Gasteiger partial charge in [-0.05, 0) is 20.0 Å². The molecule has 0 unspecified atom stereocenters. The van der Waals surface area contributed by atoms with Crippen molar-refractivity contribution in [3.05, 3.63) is 39.7 Å². The number of furan rings is 1. The molecule has 0 radical (unpaired) electrons. The second kappa shape index (κ2) is 5.96. The van der Waals surface area contributed by atoms with Gasteiger partial charge in [-0.1, -0.05) is 0 Å². The zero-order valence-corrected chi connectivity index (χ0v) is 11.7. The number of nitrogens with one attached hydrogen (secondary N) is 1. The normalized spacial score (nSPS) is 10.9. The summed E-state index contributed by atoms with van der Waals surface area (Å²) in [5, 5.41) is 3.08. The summed E-state index contributed by atoms with van der Waals surface area (Å²) in [5.74, 6) is 5.37. The maximum atomic E-state index is 11.5. The molecule has 1 amide bonds. The van der Waals surface area contributed by atoms with Gasteiger partial charge in [-0.15, -0.1) is 11.3 Å². The lowest BCUT2D eigenvalue weighted by Crippen LogP contribution is -2.31. The Bertz CT molecular complexity index is 564. The van der Waals surface area contributed by atoms with Crippen molar-refractivity contribution < 1.29 is 9.21 Å². The number of nitrogens with two attached hydrogens (primary N) is 1. The average Bonchev–Trinajstić information content (AvgIpc) is 2.97. The lowest BCUT2D eigenvalue weighted by molar-refractivity contribution is 0.0950. The molecule has 0 fully saturated rings. The van der Waals surface area contributed by atoms with E-state index in [4.69, 9.17) is 10.3 Å². The first kappa shape index (κ1) is 13.7. The summed E-state index contributed by atoms with van der Waals surface area (Å²) in [7, 11) is 1.95. The van der Waals surface area contributed by atoms with Gasteiger partial charge in [0.2, 0.25) is 0 Å². The van der Waals surface area contributed by atoms with Gasteiger partial charge in [-0.2, -0.15) is 0 Å². The summed E-state index contributed by atoms with van der Waals surface area (Å²) < 4.78 is 5.33. The largest absolute Gasteiger partial charge is 0.467 e. The third-order valence-electron chi connectivity index (χ3n) is 2.63. The van der Waals surface area contributed by atoms with Gasteiger partial charge in [0.05, 0.1) is 29.1 Å². The fraction of sp³-hybridized carbons (Fsp3) is 0.333. The van der Waals surface area contributed by atoms with Crippen molar-refractivity contribution in [3.8, 4) is 0 Å². The molecule has 2 aromatic rings. The standard InChI is InChI=1S/C12H16N4O2S/c1-8-14-9(7-19-8)5-16(2)6-11-10(3-4-18-11)12(17)15-13/h3-4,7H,5-6,13H2,1-2H3,(H,15,17). The first-order valence-electron chi connectivity index (χ1n) is 5.77. The molecular weight excluding hydrogens is 264 g/mol. The molecule has 6 nitrogen and oxygen atoms in total. The van der Waals surface area contributed by atoms with Crippen molar-refractivity contribution in [1.82, 2.24) is 15.3 Å². The number of rotatable bonds is 5. The van der Waals surface area contributed by atoms with Gasteiger partial charge in [-0.25, -0.2) is 10.8 Å². The number of hydrazine groups is 1. The number of nitrogens with zero attached hydrogens (tertiary/aromatic N) is 2. The number of aromatic nitrogens is 1. The second-order valence-corrected chi connectivity index (χ2v) is 5.32. The Morgan fingerprint density at radius 1 is 1.58 bits per heavy atom. The van der Waals surface area contributed by atoms with Crippen LogP contribution in [0.2, 0.25) is 0 Å². The average molecular weight is 280 g/mol. The first-order valence-corrected chi connectivity index (χ1v) is 6.65. The van der Waals surface area contributed by atoms with E-state index in [1.165, 1.54) is 6.26 Å². The van der Waals surface area contributed by atoms with E-state index in [0.29, 0.717) is 24.4 Å². The Hall–Kier alpha value is -1.70. The molecular formula is C12H16N4O2S. The minimum atomic E-state index is -0.346. The Balaban J connectivity index is 2.01. The van der Waals surface area contributed by atoms with E-state index < -0.39 is 0 Å². The van der Waals surface area contributed by atoms with E-state index in [0.717, 1.165) is 10.7 Å². The molecule has 7 heteroatoms. The van der Waals surface area contributed by atoms with Crippen LogP contribution in [0.1, 0.15) is 26.8 Å². The Morgan fingerprint density at radius 3 is 3.00 bits per heavy atom. The van der Waals surface area contributed by atoms with E-state index in [1.807, 2.05) is 24.3 Å². The molecule has 0 aromatic carbocycles. The highest BCUT2D eigenvalue weighted by Crippen LogP contribution is 2.15. The number of hydrogen-bond donors (Lipinski definition) is 2. The topological polar surface area (TPSA) is 84.4 Å². The van der Waals surface area contributed by atoms with Gasteiger partial charge in [-0.3, -0.25) is 15.1 Å². The van der Waals surface area contributed by atoms with Crippen LogP contribution >= 0.6 is 11.3 Å². The van der Waals surface area contributed by atoms with Crippen molar-refractivity contribution in [2.75, 3.05) is 7.05 Å². The Morgan fingerprint density at radius 2 is 2.37 bits per heavy atom. The number of nitrogen functional groups attached to an aromatic ring is 1. The van der Waals surface area contributed by atoms with Crippen LogP contribution in [0.3, 0.4) is 0 Å². The van der Waals surface area contributed by atoms with E-state index in [-0.39, 0.29) is 5.91 Å². The molecule has 0 atom stereocenters. The van der Waals surface area contributed by atoms with Gasteiger partial charge in [0.15, 0.2) is 0 Å². The predicted molar refractivity (Wildman–Crippen MR) is 72.4 cm³/mol. The molecule has 102 valence electrons. The van der Waals surface area contributed by atoms with Crippen LogP contribution < -0.4 is 11.3 Å². The molecule has 2 heterocycles. The van der Waals surface area contributed by atoms with Crippen LogP contribution in [0.5, 0.6) is 0 Å². The quantitative estimate of drug-likeness (QED) is 0.489. The number of amides is 1. The van der Waals surface area contributed by atoms with Crippen LogP contribution in [0, 0.1) is 6.92 Å². The summed E-state index contributed by atoms with van der Waals surface area (Å²) in [6, 6.07) is 1.61. The molecule has 0 aliphatic rings. The zero-order chi connectivity index (χ0) is 13.8. The smallest absolute Gasteiger partial charge is 0.268 e. The van der Waals surface area contributed by atoms with E-state index >= 15 is 0 Å². The van der Waals surface area contributed by atoms with Crippen molar-refractivity contribution in [1.29, 1.82) is 0 Å². The van der Waals surface area contributed by atoms with Crippen molar-refractivity contribution >= 4 is 17.2 Å². The minimum Gasteiger partial charge on any atom is -0.467 e. The number of thiazole rings is 1. The fourth-order valence-electron chi connectivity index (χ4n) is 1.80. The van der Waals surface area contributed by atoms with Crippen LogP contribution in [0.25, 0.3) is 0 Å². The summed E-state index contributed by atoms with van der Waals surface area (Å²) in [4.78, 5) is 17.9. The summed E-state index contributed by atoms with van der Waals surface area (Å²) in [5.41, 5.74) is 3.58. The maximum absolute atomic E-state index is 11.5. The molecule has 2 aromatic heterocycles. The summed E-state index contributed by atoms with van der Waals surface area (Å²) >= 11 is 1.62. The van der Waals surface area contributed by atoms with Crippen LogP contribution in [0.15, 0.2) is 22.1 Å². The maximum Gasteiger partial charge on any atom is 0.268 e. The number of hydrogen-bond acceptors (Lipinski definition) is 6. The predicted octanol–water partition coefficient (Wildman–Crippen LogP) is 1.28. The Kier molecular flexibility index (Phi) is 4.31. The van der Waals surface area contributed by atoms with E-state index in [9.17, 15) is 4.79 Å². The monoisotopic (exact) mass is 280 g/mol. The van der Waals surface area contributed by atoms with Gasteiger partial charge >= 0.3 is 0 Å². The van der Waals surface area contributed by atoms with Gasteiger partial charge in [0.25, 0.3) is 5.91 Å². The third-order valence-corrected chi connectivity index (χ3v) is 3.46. The highest BCUT2D eigenvalue weighted by molar-refractivity contribution is 7.09. The molecule has 0 spiro atoms. The lowest BCUT2D eigenvalue weighted by Gasteiger charge is -2.14. The molecule has 0 saturated heterocycles. The number of aryl methyl sites for hydroxylation is 1. The number of carbonyl (C=O) groups excluding carboxylic acids is 1. The zero-order valence-electron chi connectivity index (χ0n) is 10.8. The molecule has 3 N–H and O–H groups in total. The minimum absolute atomic E-state index is 0.346. The molecule has 2 rings (SSSR count). The first-order chi connectivity index (χ1) is 9.10. The number of carbonyl (C=O) groups is 1. The highest BCUT2D eigenvalue weighted by atomic mass is 32.1. The molecule has 0 aliphatic heterocycles. The molecule has 19 heavy (non-hydrogen) atoms. The van der Waals surface area contributed by atoms with Gasteiger partial charge < -0.3 is 4.42 Å². The van der Waals surface area contributed by atoms with E-state index in [1.54, 1.807) is 17.4 Å². The van der Waals surface area contributed by atoms with Gasteiger partial charge in [0, 0.05) is 11.9 Å². The van der Waals surface area contributed by atoms with Crippen molar-refractivity contribution in [2.24, 2.45) is 5.84 Å². The molecule has 0 saturated carbocycles. The molecule has 0 aliphatic carbocycles. The summed E-state index contributed by atoms with van der Waals surface area (Å²) in [6.07, 6.45) is 1.49. The highest BCUT2D eigenvalue weighted by Gasteiger charge is 2.15. The Labute approximate surface area is 115 Å². The van der Waals surface area contributed by atoms with Crippen LogP contribution in [-0.4, -0.2) is 22.8 Å². The lowest BCUT2D eigenvalue weighted by atomic mass is 10.2. The van der Waals surface area contributed by atoms with Crippen molar-refractivity contribution in [2.45, 2.75) is 20.0 Å². The van der Waals surface area contributed by atoms with E-state index in [2.05, 4.69) is 10.4 Å². The second-order valence-electron chi connectivity index (χ2n) is 4.26. The fourth-order valence-corrected chi connectivity index (χ4v) is 2.41. The molecule has 0 bridgehead atoms. The third kappa shape index (κ3) is 3.40. The summed E-state index contributed by atoms with van der Waals surface area (Å²) in [6.45, 7) is 3.20. The van der Waals surface area contributed by atoms with Gasteiger partial charge in [0.1, 0.15) is 5.76 Å². The van der Waals surface area contributed by atoms with Crippen LogP contribution in [0.4, 0.5) is 0 Å². The van der Waals surface area contributed by atoms with Crippen LogP contribution in [-0.2, 0) is 13.1 Å². The van der Waals surface area contributed by atoms with Crippen molar-refractivity contribution in [3.63, 3.8) is 0 Å².